The second kappa shape index (κ2) is 6.86. The second-order valence-corrected chi connectivity index (χ2v) is 6.19. The third kappa shape index (κ3) is 3.29. The fraction of sp³-hybridized carbons (Fsp3) is 0. The predicted molar refractivity (Wildman–Crippen MR) is 103 cm³/mol. The van der Waals surface area contributed by atoms with Gasteiger partial charge in [-0.3, -0.25) is 5.43 Å². The Balaban J connectivity index is 1.54. The van der Waals surface area contributed by atoms with Crippen molar-refractivity contribution in [2.24, 2.45) is 5.10 Å². The van der Waals surface area contributed by atoms with E-state index in [0.717, 1.165) is 26.6 Å². The summed E-state index contributed by atoms with van der Waals surface area (Å²) in [6, 6.07) is 19.6. The van der Waals surface area contributed by atoms with Gasteiger partial charge in [-0.05, 0) is 18.2 Å². The molecule has 2 aromatic heterocycles. The number of nitrogens with one attached hydrogen (secondary N) is 1. The smallest absolute Gasteiger partial charge is 0.176 e. The molecule has 4 rings (SSSR count). The van der Waals surface area contributed by atoms with Gasteiger partial charge in [0.25, 0.3) is 0 Å². The van der Waals surface area contributed by atoms with Gasteiger partial charge < -0.3 is 4.42 Å². The van der Waals surface area contributed by atoms with Crippen molar-refractivity contribution in [1.29, 1.82) is 0 Å². The SMILES string of the molecule is Brc1ccccc1-c1ccc(/C=N\Nc2nncc3ccccc23)o1. The van der Waals surface area contributed by atoms with Crippen LogP contribution in [0.1, 0.15) is 5.76 Å². The Morgan fingerprint density at radius 1 is 1.00 bits per heavy atom. The molecule has 0 aliphatic heterocycles. The lowest BCUT2D eigenvalue weighted by atomic mass is 10.2. The Morgan fingerprint density at radius 2 is 1.84 bits per heavy atom. The molecule has 0 atom stereocenters. The quantitative estimate of drug-likeness (QED) is 0.387. The molecular weight excluding hydrogens is 380 g/mol. The van der Waals surface area contributed by atoms with Crippen LogP contribution in [-0.4, -0.2) is 16.4 Å². The van der Waals surface area contributed by atoms with Crippen LogP contribution in [0.15, 0.2) is 80.9 Å². The molecule has 0 aliphatic carbocycles. The summed E-state index contributed by atoms with van der Waals surface area (Å²) in [6.45, 7) is 0. The average Bonchev–Trinajstić information content (AvgIpc) is 3.11. The van der Waals surface area contributed by atoms with Gasteiger partial charge in [0.1, 0.15) is 11.5 Å². The standard InChI is InChI=1S/C19H13BrN4O/c20-17-8-4-3-7-16(17)18-10-9-14(25-18)12-22-24-19-15-6-2-1-5-13(15)11-21-23-19/h1-12H,(H,23,24)/b22-12-. The van der Waals surface area contributed by atoms with E-state index < -0.39 is 0 Å². The molecule has 0 aliphatic rings. The lowest BCUT2D eigenvalue weighted by molar-refractivity contribution is 0.574. The van der Waals surface area contributed by atoms with Crippen molar-refractivity contribution in [2.75, 3.05) is 5.43 Å². The first-order valence-corrected chi connectivity index (χ1v) is 8.45. The lowest BCUT2D eigenvalue weighted by Gasteiger charge is -2.02. The summed E-state index contributed by atoms with van der Waals surface area (Å²) in [6.07, 6.45) is 3.34. The third-order valence-electron chi connectivity index (χ3n) is 3.70. The summed E-state index contributed by atoms with van der Waals surface area (Å²) < 4.78 is 6.80. The number of anilines is 1. The van der Waals surface area contributed by atoms with Crippen molar-refractivity contribution in [3.8, 4) is 11.3 Å². The van der Waals surface area contributed by atoms with Crippen molar-refractivity contribution in [2.45, 2.75) is 0 Å². The second-order valence-electron chi connectivity index (χ2n) is 5.33. The normalized spacial score (nSPS) is 11.2. The van der Waals surface area contributed by atoms with Crippen molar-refractivity contribution in [3.05, 3.63) is 77.1 Å². The van der Waals surface area contributed by atoms with E-state index >= 15 is 0 Å². The lowest BCUT2D eigenvalue weighted by Crippen LogP contribution is -1.96. The first-order valence-electron chi connectivity index (χ1n) is 7.65. The molecule has 0 amide bonds. The van der Waals surface area contributed by atoms with E-state index in [9.17, 15) is 0 Å². The highest BCUT2D eigenvalue weighted by atomic mass is 79.9. The number of furan rings is 1. The maximum atomic E-state index is 5.82. The predicted octanol–water partition coefficient (Wildman–Crippen LogP) is 5.10. The highest BCUT2D eigenvalue weighted by Crippen LogP contribution is 2.29. The molecule has 122 valence electrons. The first kappa shape index (κ1) is 15.5. The van der Waals surface area contributed by atoms with E-state index in [2.05, 4.69) is 36.7 Å². The summed E-state index contributed by atoms with van der Waals surface area (Å²) in [5.41, 5.74) is 3.92. The summed E-state index contributed by atoms with van der Waals surface area (Å²) >= 11 is 3.53. The summed E-state index contributed by atoms with van der Waals surface area (Å²) in [4.78, 5) is 0. The molecule has 0 saturated heterocycles. The Hall–Kier alpha value is -2.99. The fourth-order valence-corrected chi connectivity index (χ4v) is 2.98. The van der Waals surface area contributed by atoms with Crippen molar-refractivity contribution >= 4 is 38.7 Å². The van der Waals surface area contributed by atoms with Gasteiger partial charge in [0.2, 0.25) is 0 Å². The molecule has 0 bridgehead atoms. The topological polar surface area (TPSA) is 63.3 Å². The van der Waals surface area contributed by atoms with Gasteiger partial charge in [0.05, 0.1) is 12.4 Å². The highest BCUT2D eigenvalue weighted by molar-refractivity contribution is 9.10. The van der Waals surface area contributed by atoms with Crippen molar-refractivity contribution in [3.63, 3.8) is 0 Å². The Kier molecular flexibility index (Phi) is 4.26. The molecule has 0 radical (unpaired) electrons. The van der Waals surface area contributed by atoms with Gasteiger partial charge in [0.15, 0.2) is 5.82 Å². The average molecular weight is 393 g/mol. The molecule has 0 spiro atoms. The Bertz CT molecular complexity index is 1050. The van der Waals surface area contributed by atoms with Crippen LogP contribution in [0.2, 0.25) is 0 Å². The number of hydrogen-bond acceptors (Lipinski definition) is 5. The minimum Gasteiger partial charge on any atom is -0.455 e. The van der Waals surface area contributed by atoms with Crippen molar-refractivity contribution in [1.82, 2.24) is 10.2 Å². The monoisotopic (exact) mass is 392 g/mol. The van der Waals surface area contributed by atoms with E-state index in [0.29, 0.717) is 11.6 Å². The van der Waals surface area contributed by atoms with Crippen LogP contribution in [0.5, 0.6) is 0 Å². The number of aromatic nitrogens is 2. The zero-order valence-corrected chi connectivity index (χ0v) is 14.6. The van der Waals surface area contributed by atoms with Gasteiger partial charge in [-0.1, -0.05) is 58.4 Å². The van der Waals surface area contributed by atoms with Gasteiger partial charge in [-0.25, -0.2) is 0 Å². The van der Waals surface area contributed by atoms with E-state index in [-0.39, 0.29) is 0 Å². The minimum absolute atomic E-state index is 0.604. The minimum atomic E-state index is 0.604. The number of halogens is 1. The van der Waals surface area contributed by atoms with E-state index in [1.807, 2.05) is 60.7 Å². The van der Waals surface area contributed by atoms with Gasteiger partial charge in [-0.15, -0.1) is 5.10 Å². The Morgan fingerprint density at radius 3 is 2.76 bits per heavy atom. The largest absolute Gasteiger partial charge is 0.455 e. The van der Waals surface area contributed by atoms with Crippen LogP contribution < -0.4 is 5.43 Å². The number of hydrogen-bond donors (Lipinski definition) is 1. The van der Waals surface area contributed by atoms with Crippen molar-refractivity contribution < 1.29 is 4.42 Å². The molecular formula is C19H13BrN4O. The number of nitrogens with zero attached hydrogens (tertiary/aromatic N) is 3. The van der Waals surface area contributed by atoms with Crippen LogP contribution >= 0.6 is 15.9 Å². The first-order chi connectivity index (χ1) is 12.3. The van der Waals surface area contributed by atoms with Gasteiger partial charge in [0, 0.05) is 20.8 Å². The fourth-order valence-electron chi connectivity index (χ4n) is 2.50. The van der Waals surface area contributed by atoms with E-state index in [1.165, 1.54) is 0 Å². The molecule has 4 aromatic rings. The maximum absolute atomic E-state index is 5.82. The molecule has 5 nitrogen and oxygen atoms in total. The molecule has 0 fully saturated rings. The number of fused-ring (bicyclic) bond motifs is 1. The summed E-state index contributed by atoms with van der Waals surface area (Å²) in [5.74, 6) is 2.03. The molecule has 0 unspecified atom stereocenters. The van der Waals surface area contributed by atoms with E-state index in [4.69, 9.17) is 4.42 Å². The van der Waals surface area contributed by atoms with Crippen LogP contribution in [0.4, 0.5) is 5.82 Å². The Labute approximate surface area is 152 Å². The molecule has 25 heavy (non-hydrogen) atoms. The number of rotatable bonds is 4. The summed E-state index contributed by atoms with van der Waals surface area (Å²) in [5, 5.41) is 14.2. The summed E-state index contributed by atoms with van der Waals surface area (Å²) in [7, 11) is 0. The molecule has 6 heteroatoms. The van der Waals surface area contributed by atoms with Gasteiger partial charge >= 0.3 is 0 Å². The highest BCUT2D eigenvalue weighted by Gasteiger charge is 2.07. The van der Waals surface area contributed by atoms with Crippen LogP contribution in [0, 0.1) is 0 Å². The van der Waals surface area contributed by atoms with Gasteiger partial charge in [-0.2, -0.15) is 10.2 Å². The molecule has 2 aromatic carbocycles. The third-order valence-corrected chi connectivity index (χ3v) is 4.39. The van der Waals surface area contributed by atoms with Crippen LogP contribution in [0.25, 0.3) is 22.1 Å². The molecule has 2 heterocycles. The molecule has 0 saturated carbocycles. The number of benzene rings is 2. The van der Waals surface area contributed by atoms with E-state index in [1.54, 1.807) is 12.4 Å². The number of hydrazone groups is 1. The zero-order chi connectivity index (χ0) is 17.1. The maximum Gasteiger partial charge on any atom is 0.176 e. The van der Waals surface area contributed by atoms with Crippen LogP contribution in [0.3, 0.4) is 0 Å². The zero-order valence-electron chi connectivity index (χ0n) is 13.1. The van der Waals surface area contributed by atoms with Crippen LogP contribution in [-0.2, 0) is 0 Å². The molecule has 1 N–H and O–H groups in total.